The topological polar surface area (TPSA) is 50.2 Å². The SMILES string of the molecule is CCCCn1ncc(N(CCC)C2CNC2)c(Cl)c1=O. The zero-order valence-electron chi connectivity index (χ0n) is 12.2. The predicted octanol–water partition coefficient (Wildman–Crippen LogP) is 1.89. The van der Waals surface area contributed by atoms with E-state index in [1.54, 1.807) is 6.20 Å². The van der Waals surface area contributed by atoms with E-state index in [0.29, 0.717) is 17.6 Å². The van der Waals surface area contributed by atoms with Crippen LogP contribution in [0.3, 0.4) is 0 Å². The molecule has 6 heteroatoms. The van der Waals surface area contributed by atoms with Crippen LogP contribution in [-0.2, 0) is 6.54 Å². The monoisotopic (exact) mass is 298 g/mol. The van der Waals surface area contributed by atoms with Crippen molar-refractivity contribution in [1.82, 2.24) is 15.1 Å². The molecule has 0 bridgehead atoms. The average molecular weight is 299 g/mol. The number of aryl methyl sites for hydroxylation is 1. The van der Waals surface area contributed by atoms with Gasteiger partial charge in [0, 0.05) is 26.2 Å². The number of nitrogens with zero attached hydrogens (tertiary/aromatic N) is 3. The second-order valence-electron chi connectivity index (χ2n) is 5.23. The number of anilines is 1. The van der Waals surface area contributed by atoms with Crippen LogP contribution in [0.4, 0.5) is 5.69 Å². The zero-order valence-corrected chi connectivity index (χ0v) is 13.0. The first-order valence-electron chi connectivity index (χ1n) is 7.42. The molecule has 1 fully saturated rings. The first-order valence-corrected chi connectivity index (χ1v) is 7.79. The molecular weight excluding hydrogens is 276 g/mol. The fourth-order valence-electron chi connectivity index (χ4n) is 2.36. The molecule has 0 saturated carbocycles. The smallest absolute Gasteiger partial charge is 0.287 e. The quantitative estimate of drug-likeness (QED) is 0.835. The number of aromatic nitrogens is 2. The maximum atomic E-state index is 12.3. The van der Waals surface area contributed by atoms with E-state index in [0.717, 1.165) is 44.6 Å². The number of hydrogen-bond donors (Lipinski definition) is 1. The van der Waals surface area contributed by atoms with Crippen molar-refractivity contribution in [2.75, 3.05) is 24.5 Å². The fraction of sp³-hybridized carbons (Fsp3) is 0.714. The highest BCUT2D eigenvalue weighted by Gasteiger charge is 2.27. The fourth-order valence-corrected chi connectivity index (χ4v) is 2.61. The van der Waals surface area contributed by atoms with Crippen LogP contribution >= 0.6 is 11.6 Å². The molecule has 0 spiro atoms. The van der Waals surface area contributed by atoms with Crippen LogP contribution in [0.5, 0.6) is 0 Å². The van der Waals surface area contributed by atoms with Crippen molar-refractivity contribution in [1.29, 1.82) is 0 Å². The van der Waals surface area contributed by atoms with E-state index in [9.17, 15) is 4.79 Å². The third-order valence-electron chi connectivity index (χ3n) is 3.66. The third kappa shape index (κ3) is 3.15. The summed E-state index contributed by atoms with van der Waals surface area (Å²) in [6.45, 7) is 7.63. The van der Waals surface area contributed by atoms with E-state index in [1.165, 1.54) is 4.68 Å². The van der Waals surface area contributed by atoms with Crippen LogP contribution in [0.1, 0.15) is 33.1 Å². The van der Waals surface area contributed by atoms with Gasteiger partial charge in [-0.3, -0.25) is 4.79 Å². The number of unbranched alkanes of at least 4 members (excludes halogenated alkanes) is 1. The summed E-state index contributed by atoms with van der Waals surface area (Å²) in [5.41, 5.74) is 0.601. The van der Waals surface area contributed by atoms with Crippen molar-refractivity contribution in [3.8, 4) is 0 Å². The van der Waals surface area contributed by atoms with Crippen LogP contribution in [0.15, 0.2) is 11.0 Å². The highest BCUT2D eigenvalue weighted by Crippen LogP contribution is 2.24. The molecule has 20 heavy (non-hydrogen) atoms. The first-order chi connectivity index (χ1) is 9.69. The van der Waals surface area contributed by atoms with Gasteiger partial charge in [0.2, 0.25) is 0 Å². The molecule has 0 amide bonds. The van der Waals surface area contributed by atoms with Gasteiger partial charge in [0.25, 0.3) is 5.56 Å². The molecular formula is C14H23ClN4O. The van der Waals surface area contributed by atoms with Gasteiger partial charge in [-0.1, -0.05) is 31.9 Å². The van der Waals surface area contributed by atoms with Gasteiger partial charge in [0.15, 0.2) is 0 Å². The molecule has 1 aliphatic rings. The number of rotatable bonds is 7. The summed E-state index contributed by atoms with van der Waals surface area (Å²) >= 11 is 6.30. The Morgan fingerprint density at radius 3 is 2.75 bits per heavy atom. The summed E-state index contributed by atoms with van der Waals surface area (Å²) in [5, 5.41) is 7.84. The van der Waals surface area contributed by atoms with Gasteiger partial charge < -0.3 is 10.2 Å². The lowest BCUT2D eigenvalue weighted by atomic mass is 10.1. The van der Waals surface area contributed by atoms with E-state index >= 15 is 0 Å². The van der Waals surface area contributed by atoms with E-state index in [1.807, 2.05) is 0 Å². The van der Waals surface area contributed by atoms with Gasteiger partial charge in [-0.2, -0.15) is 5.10 Å². The molecule has 2 heterocycles. The Morgan fingerprint density at radius 2 is 2.20 bits per heavy atom. The van der Waals surface area contributed by atoms with Crippen molar-refractivity contribution in [2.45, 2.75) is 45.7 Å². The lowest BCUT2D eigenvalue weighted by molar-refractivity contribution is 0.411. The molecule has 0 atom stereocenters. The highest BCUT2D eigenvalue weighted by atomic mass is 35.5. The van der Waals surface area contributed by atoms with Crippen LogP contribution in [0, 0.1) is 0 Å². The van der Waals surface area contributed by atoms with Gasteiger partial charge in [-0.25, -0.2) is 4.68 Å². The van der Waals surface area contributed by atoms with Gasteiger partial charge >= 0.3 is 0 Å². The average Bonchev–Trinajstić information content (AvgIpc) is 2.38. The summed E-state index contributed by atoms with van der Waals surface area (Å²) in [4.78, 5) is 14.5. The Hall–Kier alpha value is -1.07. The van der Waals surface area contributed by atoms with Gasteiger partial charge in [0.05, 0.1) is 17.9 Å². The summed E-state index contributed by atoms with van der Waals surface area (Å²) in [6.07, 6.45) is 4.73. The maximum Gasteiger partial charge on any atom is 0.287 e. The second-order valence-corrected chi connectivity index (χ2v) is 5.61. The minimum Gasteiger partial charge on any atom is -0.363 e. The molecule has 1 N–H and O–H groups in total. The Morgan fingerprint density at radius 1 is 1.45 bits per heavy atom. The second kappa shape index (κ2) is 7.09. The Balaban J connectivity index is 2.26. The first kappa shape index (κ1) is 15.3. The zero-order chi connectivity index (χ0) is 14.5. The third-order valence-corrected chi connectivity index (χ3v) is 4.02. The largest absolute Gasteiger partial charge is 0.363 e. The summed E-state index contributed by atoms with van der Waals surface area (Å²) in [5.74, 6) is 0. The molecule has 2 rings (SSSR count). The molecule has 0 aromatic carbocycles. The summed E-state index contributed by atoms with van der Waals surface area (Å²) < 4.78 is 1.47. The van der Waals surface area contributed by atoms with Crippen molar-refractivity contribution >= 4 is 17.3 Å². The van der Waals surface area contributed by atoms with Crippen LogP contribution in [-0.4, -0.2) is 35.5 Å². The minimum absolute atomic E-state index is 0.175. The van der Waals surface area contributed by atoms with Crippen LogP contribution in [0.2, 0.25) is 5.02 Å². The molecule has 1 saturated heterocycles. The Kier molecular flexibility index (Phi) is 5.43. The molecule has 1 aromatic heterocycles. The Labute approximate surface area is 124 Å². The van der Waals surface area contributed by atoms with Gasteiger partial charge in [0.1, 0.15) is 5.02 Å². The van der Waals surface area contributed by atoms with Crippen molar-refractivity contribution in [3.63, 3.8) is 0 Å². The van der Waals surface area contributed by atoms with E-state index in [4.69, 9.17) is 11.6 Å². The van der Waals surface area contributed by atoms with E-state index in [2.05, 4.69) is 29.2 Å². The molecule has 1 aliphatic heterocycles. The minimum atomic E-state index is -0.175. The summed E-state index contributed by atoms with van der Waals surface area (Å²) in [7, 11) is 0. The van der Waals surface area contributed by atoms with Crippen LogP contribution in [0.25, 0.3) is 0 Å². The molecule has 112 valence electrons. The Bertz CT molecular complexity index is 498. The molecule has 0 unspecified atom stereocenters. The molecule has 0 radical (unpaired) electrons. The number of hydrogen-bond acceptors (Lipinski definition) is 4. The van der Waals surface area contributed by atoms with Crippen molar-refractivity contribution < 1.29 is 0 Å². The van der Waals surface area contributed by atoms with Crippen molar-refractivity contribution in [2.24, 2.45) is 0 Å². The lowest BCUT2D eigenvalue weighted by Crippen LogP contribution is -2.58. The predicted molar refractivity (Wildman–Crippen MR) is 82.7 cm³/mol. The van der Waals surface area contributed by atoms with Crippen LogP contribution < -0.4 is 15.8 Å². The highest BCUT2D eigenvalue weighted by molar-refractivity contribution is 6.33. The van der Waals surface area contributed by atoms with E-state index in [-0.39, 0.29) is 5.56 Å². The normalized spacial score (nSPS) is 15.2. The molecule has 1 aromatic rings. The summed E-state index contributed by atoms with van der Waals surface area (Å²) in [6, 6.07) is 0.417. The number of nitrogens with one attached hydrogen (secondary N) is 1. The maximum absolute atomic E-state index is 12.3. The van der Waals surface area contributed by atoms with E-state index < -0.39 is 0 Å². The molecule has 5 nitrogen and oxygen atoms in total. The lowest BCUT2D eigenvalue weighted by Gasteiger charge is -2.39. The van der Waals surface area contributed by atoms with Gasteiger partial charge in [-0.15, -0.1) is 0 Å². The van der Waals surface area contributed by atoms with Crippen molar-refractivity contribution in [3.05, 3.63) is 21.6 Å². The van der Waals surface area contributed by atoms with Gasteiger partial charge in [-0.05, 0) is 12.8 Å². The number of halogens is 1. The standard InChI is InChI=1S/C14H23ClN4O/c1-3-5-7-19-14(20)13(15)12(10-17-19)18(6-4-2)11-8-16-9-11/h10-11,16H,3-9H2,1-2H3. The molecule has 0 aliphatic carbocycles.